The van der Waals surface area contributed by atoms with Gasteiger partial charge in [-0.1, -0.05) is 341 Å². The number of ether oxygens (including phenoxy) is 3. The Morgan fingerprint density at radius 2 is 0.459 bits per heavy atom. The molecule has 0 amide bonds. The van der Waals surface area contributed by atoms with Crippen molar-refractivity contribution in [1.82, 2.24) is 0 Å². The van der Waals surface area contributed by atoms with Crippen LogP contribution in [0.25, 0.3) is 0 Å². The minimum atomic E-state index is -4.94. The number of hydrogen-bond donors (Lipinski definition) is 4. The number of esters is 3. The van der Waals surface area contributed by atoms with E-state index in [0.29, 0.717) is 19.3 Å². The van der Waals surface area contributed by atoms with Gasteiger partial charge in [0.2, 0.25) is 0 Å². The molecule has 16 nitrogen and oxygen atoms in total. The highest BCUT2D eigenvalue weighted by atomic mass is 31.2. The maximum absolute atomic E-state index is 13.0. The summed E-state index contributed by atoms with van der Waals surface area (Å²) in [4.78, 5) is 58.8. The molecule has 0 heterocycles. The van der Waals surface area contributed by atoms with E-state index in [1.54, 1.807) is 0 Å². The zero-order chi connectivity index (χ0) is 79.4. The summed E-state index contributed by atoms with van der Waals surface area (Å²) in [7, 11) is -9.80. The summed E-state index contributed by atoms with van der Waals surface area (Å²) in [5.74, 6) is -1.58. The molecule has 109 heavy (non-hydrogen) atoms. The molecule has 0 bridgehead atoms. The summed E-state index contributed by atoms with van der Waals surface area (Å²) in [6.07, 6.45) is 101. The summed E-state index contributed by atoms with van der Waals surface area (Å²) in [5.41, 5.74) is 0. The molecular formula is C91H160O16P2. The van der Waals surface area contributed by atoms with Crippen molar-refractivity contribution >= 4 is 33.6 Å². The van der Waals surface area contributed by atoms with Gasteiger partial charge in [-0.25, -0.2) is 9.13 Å². The van der Waals surface area contributed by atoms with Crippen LogP contribution in [0.15, 0.2) is 122 Å². The molecule has 0 aliphatic heterocycles. The van der Waals surface area contributed by atoms with Gasteiger partial charge in [0, 0.05) is 19.3 Å². The third kappa shape index (κ3) is 84.7. The van der Waals surface area contributed by atoms with Crippen LogP contribution in [-0.2, 0) is 55.8 Å². The number of hydrogen-bond acceptors (Lipinski definition) is 14. The molecule has 0 rings (SSSR count). The monoisotopic (exact) mass is 1570 g/mol. The number of carbonyl (C=O) groups is 3. The van der Waals surface area contributed by atoms with Gasteiger partial charge in [-0.3, -0.25) is 32.5 Å². The van der Waals surface area contributed by atoms with Crippen molar-refractivity contribution in [2.45, 2.75) is 399 Å². The second-order valence-corrected chi connectivity index (χ2v) is 32.2. The standard InChI is InChI=1S/C91H160O16P2/c1-4-7-10-13-16-19-22-25-28-30-32-34-36-38-40-41-42-43-45-47-48-50-52-54-57-59-62-65-68-71-74-77-89(94)101-80-86(92)81-103-108(97,98)104-82-87(93)83-105-109(99,100)106-85-88(107-91(96)79-76-73-70-67-64-61-56-27-24-21-18-15-12-9-6-3)84-102-90(95)78-75-72-69-66-63-60-58-55-53-51-49-46-44-39-37-35-33-31-29-26-23-20-17-14-11-8-5-2/h16-21,25-29,32-35,38-40,44,56,86-88,92-93H,4-15,22-24,30-31,36-37,41-43,45-55,57-85H2,1-3H3,(H,97,98)(H,99,100)/b19-16-,20-17-,21-18-,28-25-,29-26-,34-32-,35-33-,40-38-,44-39-,56-27-. The van der Waals surface area contributed by atoms with Gasteiger partial charge < -0.3 is 34.2 Å². The fourth-order valence-electron chi connectivity index (χ4n) is 11.9. The van der Waals surface area contributed by atoms with Crippen molar-refractivity contribution in [3.63, 3.8) is 0 Å². The van der Waals surface area contributed by atoms with E-state index in [1.807, 2.05) is 0 Å². The van der Waals surface area contributed by atoms with Gasteiger partial charge in [-0.15, -0.1) is 0 Å². The molecule has 5 unspecified atom stereocenters. The Labute approximate surface area is 665 Å². The maximum atomic E-state index is 13.0. The van der Waals surface area contributed by atoms with Crippen molar-refractivity contribution in [2.24, 2.45) is 0 Å². The van der Waals surface area contributed by atoms with E-state index in [0.717, 1.165) is 135 Å². The minimum absolute atomic E-state index is 0.0874. The first-order chi connectivity index (χ1) is 53.2. The van der Waals surface area contributed by atoms with E-state index in [2.05, 4.69) is 142 Å². The van der Waals surface area contributed by atoms with Gasteiger partial charge in [0.05, 0.1) is 26.4 Å². The molecule has 0 aromatic rings. The number of allylic oxidation sites excluding steroid dienone is 20. The third-order valence-electron chi connectivity index (χ3n) is 18.6. The molecule has 0 radical (unpaired) electrons. The molecule has 0 aromatic heterocycles. The van der Waals surface area contributed by atoms with Gasteiger partial charge >= 0.3 is 33.6 Å². The lowest BCUT2D eigenvalue weighted by molar-refractivity contribution is -0.161. The van der Waals surface area contributed by atoms with Crippen LogP contribution in [-0.4, -0.2) is 95.9 Å². The van der Waals surface area contributed by atoms with E-state index >= 15 is 0 Å². The molecule has 0 aromatic carbocycles. The second-order valence-electron chi connectivity index (χ2n) is 29.3. The lowest BCUT2D eigenvalue weighted by Gasteiger charge is -2.21. The summed E-state index contributed by atoms with van der Waals surface area (Å²) in [6.45, 7) is 2.62. The molecule has 0 saturated carbocycles. The number of phosphoric ester groups is 2. The van der Waals surface area contributed by atoms with Crippen LogP contribution in [0.4, 0.5) is 0 Å². The fourth-order valence-corrected chi connectivity index (χ4v) is 13.5. The van der Waals surface area contributed by atoms with Gasteiger partial charge in [-0.05, 0) is 141 Å². The van der Waals surface area contributed by atoms with Gasteiger partial charge in [0.1, 0.15) is 25.4 Å². The fraction of sp³-hybridized carbons (Fsp3) is 0.747. The highest BCUT2D eigenvalue weighted by molar-refractivity contribution is 7.47. The Morgan fingerprint density at radius 3 is 0.725 bits per heavy atom. The average Bonchev–Trinajstić information content (AvgIpc) is 0.940. The highest BCUT2D eigenvalue weighted by Crippen LogP contribution is 2.45. The Hall–Kier alpha value is -4.05. The first-order valence-electron chi connectivity index (χ1n) is 43.8. The van der Waals surface area contributed by atoms with Gasteiger partial charge in [-0.2, -0.15) is 0 Å². The van der Waals surface area contributed by atoms with E-state index in [9.17, 15) is 43.5 Å². The molecule has 5 atom stereocenters. The van der Waals surface area contributed by atoms with Gasteiger partial charge in [0.15, 0.2) is 6.10 Å². The first kappa shape index (κ1) is 105. The number of rotatable bonds is 83. The molecular weight excluding hydrogens is 1410 g/mol. The topological polar surface area (TPSA) is 231 Å². The Bertz CT molecular complexity index is 2460. The van der Waals surface area contributed by atoms with Crippen LogP contribution in [0.1, 0.15) is 380 Å². The third-order valence-corrected chi connectivity index (χ3v) is 20.5. The number of carbonyl (C=O) groups excluding carboxylic acids is 3. The quantitative estimate of drug-likeness (QED) is 0.0146. The molecule has 0 aliphatic rings. The Morgan fingerprint density at radius 1 is 0.257 bits per heavy atom. The minimum Gasteiger partial charge on any atom is -0.463 e. The lowest BCUT2D eigenvalue weighted by Crippen LogP contribution is -2.30. The second kappa shape index (κ2) is 83.4. The van der Waals surface area contributed by atoms with Gasteiger partial charge in [0.25, 0.3) is 0 Å². The zero-order valence-electron chi connectivity index (χ0n) is 69.2. The first-order valence-corrected chi connectivity index (χ1v) is 46.8. The highest BCUT2D eigenvalue weighted by Gasteiger charge is 2.29. The molecule has 18 heteroatoms. The Kier molecular flexibility index (Phi) is 80.3. The summed E-state index contributed by atoms with van der Waals surface area (Å²) >= 11 is 0. The predicted octanol–water partition coefficient (Wildman–Crippen LogP) is 26.4. The van der Waals surface area contributed by atoms with E-state index in [4.69, 9.17) is 32.3 Å². The molecule has 0 saturated heterocycles. The maximum Gasteiger partial charge on any atom is 0.472 e. The van der Waals surface area contributed by atoms with E-state index in [1.165, 1.54) is 186 Å². The van der Waals surface area contributed by atoms with Crippen LogP contribution in [0.3, 0.4) is 0 Å². The van der Waals surface area contributed by atoms with Crippen molar-refractivity contribution in [3.05, 3.63) is 122 Å². The van der Waals surface area contributed by atoms with E-state index in [-0.39, 0.29) is 19.3 Å². The molecule has 0 fully saturated rings. The molecule has 0 aliphatic carbocycles. The SMILES string of the molecule is CCCCC/C=C\C/C=C\C/C=C\C/C=C\CCCCCCCCCCCCCCCCCC(=O)OCC(O)COP(=O)(O)OCC(O)COP(=O)(O)OCC(COC(=O)CCCCCCCCCCCCC/C=C\C/C=C\C/C=C\C/C=C\CCCCC)OC(=O)CCCCCCC/C=C\C/C=C\CCCCC. The van der Waals surface area contributed by atoms with Crippen molar-refractivity contribution in [3.8, 4) is 0 Å². The predicted molar refractivity (Wildman–Crippen MR) is 454 cm³/mol. The number of unbranched alkanes of at least 4 members (excludes halogenated alkanes) is 40. The van der Waals surface area contributed by atoms with Crippen LogP contribution in [0.5, 0.6) is 0 Å². The smallest absolute Gasteiger partial charge is 0.463 e. The van der Waals surface area contributed by atoms with Crippen LogP contribution < -0.4 is 0 Å². The lowest BCUT2D eigenvalue weighted by atomic mass is 10.0. The molecule has 630 valence electrons. The number of aliphatic hydroxyl groups excluding tert-OH is 2. The zero-order valence-corrected chi connectivity index (χ0v) is 71.0. The largest absolute Gasteiger partial charge is 0.472 e. The summed E-state index contributed by atoms with van der Waals surface area (Å²) < 4.78 is 61.3. The number of aliphatic hydroxyl groups is 2. The van der Waals surface area contributed by atoms with Crippen molar-refractivity contribution in [2.75, 3.05) is 39.6 Å². The Balaban J connectivity index is 4.49. The average molecular weight is 1570 g/mol. The normalized spacial score (nSPS) is 14.4. The van der Waals surface area contributed by atoms with Crippen LogP contribution in [0.2, 0.25) is 0 Å². The molecule has 0 spiro atoms. The number of phosphoric acid groups is 2. The molecule has 4 N–H and O–H groups in total. The van der Waals surface area contributed by atoms with E-state index < -0.39 is 91.5 Å². The van der Waals surface area contributed by atoms with Crippen molar-refractivity contribution < 1.29 is 75.8 Å². The summed E-state index contributed by atoms with van der Waals surface area (Å²) in [5, 5.41) is 20.7. The van der Waals surface area contributed by atoms with Crippen LogP contribution >= 0.6 is 15.6 Å². The van der Waals surface area contributed by atoms with Crippen molar-refractivity contribution in [1.29, 1.82) is 0 Å². The van der Waals surface area contributed by atoms with Crippen LogP contribution in [0, 0.1) is 0 Å². The summed E-state index contributed by atoms with van der Waals surface area (Å²) in [6, 6.07) is 0.